The standard InChI is InChI=1S/C26H27ClN2O5/c1-2-12-28(20-8-3-4-9-20)24(30)18-15-19(27)17-21(16-18)33-13-7-14-34-29-25(31)22-10-5-6-11-23(22)26(29)32/h2,5-6,10-11,15-17,20H,1,3-4,7-9,12-14H2. The van der Waals surface area contributed by atoms with E-state index in [1.807, 2.05) is 4.90 Å². The van der Waals surface area contributed by atoms with Crippen molar-refractivity contribution >= 4 is 29.3 Å². The zero-order valence-electron chi connectivity index (χ0n) is 18.9. The largest absolute Gasteiger partial charge is 0.493 e. The van der Waals surface area contributed by atoms with E-state index in [4.69, 9.17) is 21.2 Å². The van der Waals surface area contributed by atoms with E-state index in [2.05, 4.69) is 6.58 Å². The van der Waals surface area contributed by atoms with E-state index in [0.29, 0.717) is 40.4 Å². The molecule has 0 unspecified atom stereocenters. The Morgan fingerprint density at radius 3 is 2.41 bits per heavy atom. The molecule has 1 heterocycles. The molecule has 1 saturated carbocycles. The smallest absolute Gasteiger partial charge is 0.285 e. The maximum absolute atomic E-state index is 13.2. The Kier molecular flexibility index (Phi) is 7.65. The summed E-state index contributed by atoms with van der Waals surface area (Å²) in [5, 5.41) is 1.20. The number of hydrogen-bond donors (Lipinski definition) is 0. The number of carbonyl (C=O) groups excluding carboxylic acids is 3. The van der Waals surface area contributed by atoms with Crippen LogP contribution in [0.4, 0.5) is 0 Å². The van der Waals surface area contributed by atoms with Gasteiger partial charge in [-0.1, -0.05) is 42.7 Å². The molecule has 1 aliphatic heterocycles. The predicted molar refractivity (Wildman–Crippen MR) is 128 cm³/mol. The Bertz CT molecular complexity index is 1060. The number of rotatable bonds is 10. The third kappa shape index (κ3) is 5.16. The molecule has 0 saturated heterocycles. The number of imide groups is 1. The molecule has 3 amide bonds. The molecule has 1 aliphatic carbocycles. The van der Waals surface area contributed by atoms with Crippen molar-refractivity contribution in [2.24, 2.45) is 0 Å². The highest BCUT2D eigenvalue weighted by Crippen LogP contribution is 2.28. The fourth-order valence-electron chi connectivity index (χ4n) is 4.38. The van der Waals surface area contributed by atoms with E-state index in [9.17, 15) is 14.4 Å². The van der Waals surface area contributed by atoms with E-state index < -0.39 is 11.8 Å². The van der Waals surface area contributed by atoms with Crippen molar-refractivity contribution < 1.29 is 24.0 Å². The molecule has 0 bridgehead atoms. The highest BCUT2D eigenvalue weighted by atomic mass is 35.5. The first-order chi connectivity index (χ1) is 16.5. The van der Waals surface area contributed by atoms with Crippen LogP contribution in [0, 0.1) is 0 Å². The molecule has 8 heteroatoms. The lowest BCUT2D eigenvalue weighted by molar-refractivity contribution is -0.0935. The summed E-state index contributed by atoms with van der Waals surface area (Å²) in [5.74, 6) is -0.550. The molecule has 1 fully saturated rings. The van der Waals surface area contributed by atoms with Gasteiger partial charge in [0.15, 0.2) is 0 Å². The number of carbonyl (C=O) groups is 3. The van der Waals surface area contributed by atoms with Gasteiger partial charge in [-0.25, -0.2) is 0 Å². The molecule has 0 spiro atoms. The topological polar surface area (TPSA) is 76.2 Å². The first-order valence-corrected chi connectivity index (χ1v) is 11.8. The number of benzene rings is 2. The van der Waals surface area contributed by atoms with Gasteiger partial charge in [-0.05, 0) is 43.2 Å². The van der Waals surface area contributed by atoms with Gasteiger partial charge in [-0.2, -0.15) is 0 Å². The SMILES string of the molecule is C=CCN(C(=O)c1cc(Cl)cc(OCCCON2C(=O)c3ccccc3C2=O)c1)C1CCCC1. The fourth-order valence-corrected chi connectivity index (χ4v) is 4.60. The molecular formula is C26H27ClN2O5. The number of fused-ring (bicyclic) bond motifs is 1. The van der Waals surface area contributed by atoms with Gasteiger partial charge in [0.2, 0.25) is 0 Å². The quantitative estimate of drug-likeness (QED) is 0.273. The van der Waals surface area contributed by atoms with Gasteiger partial charge in [0.05, 0.1) is 24.3 Å². The Morgan fingerprint density at radius 1 is 1.09 bits per heavy atom. The Balaban J connectivity index is 1.31. The molecule has 2 aromatic carbocycles. The monoisotopic (exact) mass is 482 g/mol. The van der Waals surface area contributed by atoms with Gasteiger partial charge in [-0.15, -0.1) is 11.6 Å². The van der Waals surface area contributed by atoms with Crippen LogP contribution < -0.4 is 4.74 Å². The van der Waals surface area contributed by atoms with Crippen LogP contribution in [0.5, 0.6) is 5.75 Å². The summed E-state index contributed by atoms with van der Waals surface area (Å²) in [6.07, 6.45) is 6.41. The lowest BCUT2D eigenvalue weighted by Gasteiger charge is -2.28. The number of hydrogen-bond acceptors (Lipinski definition) is 5. The second-order valence-corrected chi connectivity index (χ2v) is 8.78. The maximum atomic E-state index is 13.2. The Morgan fingerprint density at radius 2 is 1.76 bits per heavy atom. The second kappa shape index (κ2) is 10.8. The van der Waals surface area contributed by atoms with Gasteiger partial charge in [0.1, 0.15) is 5.75 Å². The van der Waals surface area contributed by atoms with Crippen LogP contribution in [0.2, 0.25) is 5.02 Å². The average molecular weight is 483 g/mol. The third-order valence-corrected chi connectivity index (χ3v) is 6.22. The Labute approximate surface area is 203 Å². The van der Waals surface area contributed by atoms with E-state index in [-0.39, 0.29) is 25.2 Å². The predicted octanol–water partition coefficient (Wildman–Crippen LogP) is 4.91. The summed E-state index contributed by atoms with van der Waals surface area (Å²) >= 11 is 6.26. The van der Waals surface area contributed by atoms with E-state index >= 15 is 0 Å². The van der Waals surface area contributed by atoms with E-state index in [1.54, 1.807) is 48.5 Å². The van der Waals surface area contributed by atoms with Gasteiger partial charge >= 0.3 is 0 Å². The molecule has 178 valence electrons. The van der Waals surface area contributed by atoms with Crippen molar-refractivity contribution in [1.82, 2.24) is 9.96 Å². The van der Waals surface area contributed by atoms with Crippen LogP contribution in [0.1, 0.15) is 63.2 Å². The molecule has 0 atom stereocenters. The van der Waals surface area contributed by atoms with Crippen molar-refractivity contribution in [3.05, 3.63) is 76.8 Å². The first-order valence-electron chi connectivity index (χ1n) is 11.5. The lowest BCUT2D eigenvalue weighted by Crippen LogP contribution is -2.38. The van der Waals surface area contributed by atoms with Crippen LogP contribution in [0.25, 0.3) is 0 Å². The summed E-state index contributed by atoms with van der Waals surface area (Å²) in [7, 11) is 0. The third-order valence-electron chi connectivity index (χ3n) is 6.00. The summed E-state index contributed by atoms with van der Waals surface area (Å²) in [6, 6.07) is 11.8. The molecule has 7 nitrogen and oxygen atoms in total. The van der Waals surface area contributed by atoms with Gasteiger partial charge in [0, 0.05) is 29.6 Å². The van der Waals surface area contributed by atoms with Gasteiger partial charge in [-0.3, -0.25) is 19.2 Å². The lowest BCUT2D eigenvalue weighted by atomic mass is 10.1. The summed E-state index contributed by atoms with van der Waals surface area (Å²) < 4.78 is 5.78. The normalized spacial score (nSPS) is 15.5. The molecule has 34 heavy (non-hydrogen) atoms. The molecule has 4 rings (SSSR count). The summed E-state index contributed by atoms with van der Waals surface area (Å²) in [5.41, 5.74) is 1.14. The summed E-state index contributed by atoms with van der Waals surface area (Å²) in [6.45, 7) is 4.65. The molecule has 2 aromatic rings. The highest BCUT2D eigenvalue weighted by Gasteiger charge is 2.36. The number of ether oxygens (including phenoxy) is 1. The number of amides is 3. The van der Waals surface area contributed by atoms with Gasteiger partial charge in [0.25, 0.3) is 17.7 Å². The number of halogens is 1. The highest BCUT2D eigenvalue weighted by molar-refractivity contribution is 6.31. The van der Waals surface area contributed by atoms with Crippen LogP contribution in [-0.4, -0.2) is 53.5 Å². The first kappa shape index (κ1) is 24.0. The molecule has 0 N–H and O–H groups in total. The van der Waals surface area contributed by atoms with Crippen molar-refractivity contribution in [3.8, 4) is 5.75 Å². The number of nitrogens with zero attached hydrogens (tertiary/aromatic N) is 2. The van der Waals surface area contributed by atoms with Crippen molar-refractivity contribution in [2.45, 2.75) is 38.1 Å². The second-order valence-electron chi connectivity index (χ2n) is 8.35. The molecule has 2 aliphatic rings. The minimum atomic E-state index is -0.467. The number of hydroxylamine groups is 2. The van der Waals surface area contributed by atoms with Gasteiger partial charge < -0.3 is 9.64 Å². The van der Waals surface area contributed by atoms with Crippen molar-refractivity contribution in [3.63, 3.8) is 0 Å². The fraction of sp³-hybridized carbons (Fsp3) is 0.346. The maximum Gasteiger partial charge on any atom is 0.285 e. The van der Waals surface area contributed by atoms with Crippen molar-refractivity contribution in [2.75, 3.05) is 19.8 Å². The van der Waals surface area contributed by atoms with Crippen LogP contribution in [0.15, 0.2) is 55.1 Å². The van der Waals surface area contributed by atoms with Crippen molar-refractivity contribution in [1.29, 1.82) is 0 Å². The van der Waals surface area contributed by atoms with Crippen LogP contribution in [0.3, 0.4) is 0 Å². The zero-order chi connectivity index (χ0) is 24.1. The minimum Gasteiger partial charge on any atom is -0.493 e. The van der Waals surface area contributed by atoms with Crippen LogP contribution in [-0.2, 0) is 4.84 Å². The van der Waals surface area contributed by atoms with Crippen LogP contribution >= 0.6 is 11.6 Å². The zero-order valence-corrected chi connectivity index (χ0v) is 19.6. The minimum absolute atomic E-state index is 0.0897. The average Bonchev–Trinajstić information content (AvgIpc) is 3.45. The molecular weight excluding hydrogens is 456 g/mol. The Hall–Kier alpha value is -3.16. The summed E-state index contributed by atoms with van der Waals surface area (Å²) in [4.78, 5) is 45.1. The van der Waals surface area contributed by atoms with E-state index in [1.165, 1.54) is 0 Å². The molecule has 0 aromatic heterocycles. The molecule has 0 radical (unpaired) electrons. The van der Waals surface area contributed by atoms with E-state index in [0.717, 1.165) is 30.7 Å².